The van der Waals surface area contributed by atoms with Crippen LogP contribution in [0.4, 0.5) is 0 Å². The summed E-state index contributed by atoms with van der Waals surface area (Å²) in [6.45, 7) is 0. The summed E-state index contributed by atoms with van der Waals surface area (Å²) in [5.74, 6) is 0. The van der Waals surface area contributed by atoms with E-state index < -0.39 is 11.2 Å². The zero-order chi connectivity index (χ0) is 11.1. The van der Waals surface area contributed by atoms with E-state index in [4.69, 9.17) is 0 Å². The van der Waals surface area contributed by atoms with Crippen molar-refractivity contribution in [3.63, 3.8) is 0 Å². The van der Waals surface area contributed by atoms with Gasteiger partial charge in [-0.2, -0.15) is 10.2 Å². The van der Waals surface area contributed by atoms with Crippen molar-refractivity contribution in [2.75, 3.05) is 0 Å². The van der Waals surface area contributed by atoms with Crippen LogP contribution in [-0.4, -0.2) is 20.2 Å². The van der Waals surface area contributed by atoms with E-state index in [1.165, 1.54) is 0 Å². The van der Waals surface area contributed by atoms with Crippen molar-refractivity contribution >= 4 is 21.7 Å². The Labute approximate surface area is 88.0 Å². The maximum absolute atomic E-state index is 11.5. The topological polar surface area (TPSA) is 91.5 Å². The lowest BCUT2D eigenvalue weighted by molar-refractivity contribution is 1.05. The Kier molecular flexibility index (Phi) is 1.64. The van der Waals surface area contributed by atoms with Crippen LogP contribution in [0.25, 0.3) is 21.7 Å². The van der Waals surface area contributed by atoms with Crippen molar-refractivity contribution < 1.29 is 0 Å². The first-order valence-corrected chi connectivity index (χ1v) is 4.61. The molecular weight excluding hydrogens is 208 g/mol. The number of hydrogen-bond donors (Lipinski definition) is 2. The lowest BCUT2D eigenvalue weighted by Crippen LogP contribution is -2.21. The molecule has 0 saturated carbocycles. The summed E-state index contributed by atoms with van der Waals surface area (Å²) in [4.78, 5) is 27.4. The Morgan fingerprint density at radius 1 is 0.938 bits per heavy atom. The molecule has 0 bridgehead atoms. The third-order valence-electron chi connectivity index (χ3n) is 2.40. The third kappa shape index (κ3) is 1.20. The minimum Gasteiger partial charge on any atom is -0.307 e. The number of aromatic nitrogens is 4. The summed E-state index contributed by atoms with van der Waals surface area (Å²) in [7, 11) is 0. The Hall–Kier alpha value is -2.50. The van der Waals surface area contributed by atoms with E-state index in [9.17, 15) is 9.59 Å². The number of hydrogen-bond acceptors (Lipinski definition) is 4. The first kappa shape index (κ1) is 8.78. The fourth-order valence-corrected chi connectivity index (χ4v) is 1.66. The molecule has 0 atom stereocenters. The Morgan fingerprint density at radius 3 is 2.38 bits per heavy atom. The molecule has 0 spiro atoms. The molecular formula is C10H6N4O2. The third-order valence-corrected chi connectivity index (χ3v) is 2.40. The summed E-state index contributed by atoms with van der Waals surface area (Å²) < 4.78 is 0. The van der Waals surface area contributed by atoms with E-state index in [1.54, 1.807) is 24.5 Å². The van der Waals surface area contributed by atoms with E-state index >= 15 is 0 Å². The summed E-state index contributed by atoms with van der Waals surface area (Å²) >= 11 is 0. The van der Waals surface area contributed by atoms with Crippen molar-refractivity contribution in [2.45, 2.75) is 0 Å². The average Bonchev–Trinajstić information content (AvgIpc) is 2.27. The van der Waals surface area contributed by atoms with Crippen molar-refractivity contribution in [2.24, 2.45) is 0 Å². The summed E-state index contributed by atoms with van der Waals surface area (Å²) in [6.07, 6.45) is 3.15. The van der Waals surface area contributed by atoms with Gasteiger partial charge < -0.3 is 4.98 Å². The maximum atomic E-state index is 11.5. The van der Waals surface area contributed by atoms with Crippen molar-refractivity contribution in [3.8, 4) is 0 Å². The molecule has 3 aromatic rings. The number of benzene rings is 1. The highest BCUT2D eigenvalue weighted by molar-refractivity contribution is 5.95. The number of rotatable bonds is 0. The fourth-order valence-electron chi connectivity index (χ4n) is 1.66. The molecule has 0 aliphatic carbocycles. The Morgan fingerprint density at radius 2 is 1.62 bits per heavy atom. The van der Waals surface area contributed by atoms with Crippen LogP contribution >= 0.6 is 0 Å². The van der Waals surface area contributed by atoms with Gasteiger partial charge in [-0.15, -0.1) is 0 Å². The molecule has 2 aromatic heterocycles. The molecule has 3 rings (SSSR count). The van der Waals surface area contributed by atoms with Gasteiger partial charge in [0.05, 0.1) is 23.3 Å². The molecule has 0 fully saturated rings. The lowest BCUT2D eigenvalue weighted by Gasteiger charge is -1.99. The molecule has 0 amide bonds. The predicted octanol–water partition coefficient (Wildman–Crippen LogP) is 0.160. The van der Waals surface area contributed by atoms with Gasteiger partial charge in [0.2, 0.25) is 0 Å². The molecule has 0 aliphatic rings. The number of nitrogens with zero attached hydrogens (tertiary/aromatic N) is 2. The molecule has 0 saturated heterocycles. The van der Waals surface area contributed by atoms with E-state index in [-0.39, 0.29) is 0 Å². The standard InChI is InChI=1S/C10H6N4O2/c15-9-7-1-5-3-11-12-4-6(5)2-8(7)13-10(16)14-9/h1-4H,(H2,13,14,15,16). The minimum atomic E-state index is -0.515. The highest BCUT2D eigenvalue weighted by Crippen LogP contribution is 2.16. The van der Waals surface area contributed by atoms with Gasteiger partial charge in [0, 0.05) is 10.8 Å². The number of fused-ring (bicyclic) bond motifs is 2. The first-order chi connectivity index (χ1) is 7.74. The van der Waals surface area contributed by atoms with Crippen molar-refractivity contribution in [1.29, 1.82) is 0 Å². The van der Waals surface area contributed by atoms with Crippen LogP contribution in [0.2, 0.25) is 0 Å². The molecule has 1 aromatic carbocycles. The second-order valence-electron chi connectivity index (χ2n) is 3.42. The molecule has 78 valence electrons. The van der Waals surface area contributed by atoms with Gasteiger partial charge in [0.25, 0.3) is 5.56 Å². The molecule has 0 radical (unpaired) electrons. The van der Waals surface area contributed by atoms with Gasteiger partial charge in [-0.25, -0.2) is 4.79 Å². The zero-order valence-electron chi connectivity index (χ0n) is 8.02. The van der Waals surface area contributed by atoms with E-state index in [0.29, 0.717) is 10.9 Å². The van der Waals surface area contributed by atoms with E-state index in [2.05, 4.69) is 20.2 Å². The van der Waals surface area contributed by atoms with Crippen LogP contribution in [0.1, 0.15) is 0 Å². The predicted molar refractivity (Wildman–Crippen MR) is 58.3 cm³/mol. The molecule has 2 heterocycles. The molecule has 6 nitrogen and oxygen atoms in total. The molecule has 6 heteroatoms. The van der Waals surface area contributed by atoms with Crippen molar-refractivity contribution in [1.82, 2.24) is 20.2 Å². The second kappa shape index (κ2) is 2.99. The summed E-state index contributed by atoms with van der Waals surface area (Å²) in [6, 6.07) is 3.38. The lowest BCUT2D eigenvalue weighted by atomic mass is 10.1. The maximum Gasteiger partial charge on any atom is 0.326 e. The SMILES string of the molecule is O=c1[nH]c(=O)c2cc3cnncc3cc2[nH]1. The van der Waals surface area contributed by atoms with Gasteiger partial charge in [0.1, 0.15) is 0 Å². The quantitative estimate of drug-likeness (QED) is 0.521. The number of nitrogens with one attached hydrogen (secondary N) is 2. The molecule has 2 N–H and O–H groups in total. The smallest absolute Gasteiger partial charge is 0.307 e. The zero-order valence-corrected chi connectivity index (χ0v) is 8.02. The second-order valence-corrected chi connectivity index (χ2v) is 3.42. The first-order valence-electron chi connectivity index (χ1n) is 4.61. The number of aromatic amines is 2. The molecule has 0 unspecified atom stereocenters. The van der Waals surface area contributed by atoms with Crippen LogP contribution in [0.5, 0.6) is 0 Å². The average molecular weight is 214 g/mol. The summed E-state index contributed by atoms with van der Waals surface area (Å²) in [5, 5.41) is 9.53. The summed E-state index contributed by atoms with van der Waals surface area (Å²) in [5.41, 5.74) is -0.425. The minimum absolute atomic E-state index is 0.405. The van der Waals surface area contributed by atoms with Gasteiger partial charge in [-0.1, -0.05) is 0 Å². The van der Waals surface area contributed by atoms with Gasteiger partial charge in [-0.3, -0.25) is 9.78 Å². The molecule has 16 heavy (non-hydrogen) atoms. The van der Waals surface area contributed by atoms with Crippen LogP contribution in [0.15, 0.2) is 34.1 Å². The fraction of sp³-hybridized carbons (Fsp3) is 0. The van der Waals surface area contributed by atoms with Crippen LogP contribution in [0, 0.1) is 0 Å². The van der Waals surface area contributed by atoms with E-state index in [0.717, 1.165) is 10.8 Å². The van der Waals surface area contributed by atoms with Gasteiger partial charge in [-0.05, 0) is 12.1 Å². The van der Waals surface area contributed by atoms with Crippen LogP contribution in [0.3, 0.4) is 0 Å². The highest BCUT2D eigenvalue weighted by atomic mass is 16.2. The largest absolute Gasteiger partial charge is 0.326 e. The highest BCUT2D eigenvalue weighted by Gasteiger charge is 2.02. The Bertz CT molecular complexity index is 803. The van der Waals surface area contributed by atoms with E-state index in [1.807, 2.05) is 0 Å². The number of H-pyrrole nitrogens is 2. The van der Waals surface area contributed by atoms with Crippen LogP contribution in [-0.2, 0) is 0 Å². The van der Waals surface area contributed by atoms with Gasteiger partial charge >= 0.3 is 5.69 Å². The Balaban J connectivity index is 2.61. The normalized spacial score (nSPS) is 11.0. The monoisotopic (exact) mass is 214 g/mol. The molecule has 0 aliphatic heterocycles. The van der Waals surface area contributed by atoms with Crippen molar-refractivity contribution in [3.05, 3.63) is 45.4 Å². The van der Waals surface area contributed by atoms with Crippen LogP contribution < -0.4 is 11.2 Å². The van der Waals surface area contributed by atoms with Gasteiger partial charge in [0.15, 0.2) is 0 Å².